The van der Waals surface area contributed by atoms with Crippen molar-refractivity contribution in [2.24, 2.45) is 0 Å². The van der Waals surface area contributed by atoms with Gasteiger partial charge in [-0.05, 0) is 24.6 Å². The van der Waals surface area contributed by atoms with Gasteiger partial charge in [-0.1, -0.05) is 30.1 Å². The van der Waals surface area contributed by atoms with E-state index >= 15 is 0 Å². The highest BCUT2D eigenvalue weighted by Gasteiger charge is 2.25. The molecular weight excluding hydrogens is 301 g/mol. The van der Waals surface area contributed by atoms with Crippen LogP contribution in [0.25, 0.3) is 0 Å². The Bertz CT molecular complexity index is 559. The predicted octanol–water partition coefficient (Wildman–Crippen LogP) is 2.13. The molecular formula is C10H11Cl2NO4S. The SMILES string of the molecule is CC[C@@H](NS(=O)(=O)c1cc(Cl)ccc1Cl)C(=O)O. The molecule has 0 aromatic heterocycles. The number of carboxylic acids is 1. The number of sulfonamides is 1. The summed E-state index contributed by atoms with van der Waals surface area (Å²) >= 11 is 11.5. The molecule has 5 nitrogen and oxygen atoms in total. The summed E-state index contributed by atoms with van der Waals surface area (Å²) in [5.74, 6) is -1.25. The average molecular weight is 312 g/mol. The van der Waals surface area contributed by atoms with E-state index < -0.39 is 22.0 Å². The van der Waals surface area contributed by atoms with Crippen LogP contribution in [-0.4, -0.2) is 25.5 Å². The van der Waals surface area contributed by atoms with E-state index in [1.54, 1.807) is 6.92 Å². The molecule has 0 aliphatic rings. The maximum absolute atomic E-state index is 12.0. The molecule has 0 bridgehead atoms. The number of hydrogen-bond donors (Lipinski definition) is 2. The number of benzene rings is 1. The van der Waals surface area contributed by atoms with E-state index in [4.69, 9.17) is 28.3 Å². The van der Waals surface area contributed by atoms with Crippen LogP contribution in [0.5, 0.6) is 0 Å². The maximum Gasteiger partial charge on any atom is 0.321 e. The van der Waals surface area contributed by atoms with Gasteiger partial charge in [0, 0.05) is 5.02 Å². The molecule has 1 rings (SSSR count). The second-order valence-corrected chi connectivity index (χ2v) is 6.02. The van der Waals surface area contributed by atoms with Gasteiger partial charge in [-0.3, -0.25) is 4.79 Å². The van der Waals surface area contributed by atoms with E-state index in [0.29, 0.717) is 0 Å². The summed E-state index contributed by atoms with van der Waals surface area (Å²) in [5.41, 5.74) is 0. The summed E-state index contributed by atoms with van der Waals surface area (Å²) < 4.78 is 26.0. The van der Waals surface area contributed by atoms with E-state index in [1.165, 1.54) is 18.2 Å². The largest absolute Gasteiger partial charge is 0.480 e. The highest BCUT2D eigenvalue weighted by atomic mass is 35.5. The molecule has 0 heterocycles. The average Bonchev–Trinajstić information content (AvgIpc) is 2.28. The first-order chi connectivity index (χ1) is 8.27. The summed E-state index contributed by atoms with van der Waals surface area (Å²) in [5, 5.41) is 9.00. The van der Waals surface area contributed by atoms with E-state index in [0.717, 1.165) is 0 Å². The highest BCUT2D eigenvalue weighted by molar-refractivity contribution is 7.89. The molecule has 0 spiro atoms. The molecule has 100 valence electrons. The van der Waals surface area contributed by atoms with E-state index in [2.05, 4.69) is 4.72 Å². The monoisotopic (exact) mass is 311 g/mol. The lowest BCUT2D eigenvalue weighted by Gasteiger charge is -2.13. The number of hydrogen-bond acceptors (Lipinski definition) is 3. The Morgan fingerprint density at radius 3 is 2.56 bits per heavy atom. The first-order valence-corrected chi connectivity index (χ1v) is 7.22. The lowest BCUT2D eigenvalue weighted by molar-refractivity contribution is -0.139. The van der Waals surface area contributed by atoms with Gasteiger partial charge in [0.2, 0.25) is 10.0 Å². The normalized spacial score (nSPS) is 13.3. The minimum Gasteiger partial charge on any atom is -0.480 e. The third kappa shape index (κ3) is 3.58. The van der Waals surface area contributed by atoms with E-state index in [1.807, 2.05) is 0 Å². The summed E-state index contributed by atoms with van der Waals surface area (Å²) in [6.07, 6.45) is 0.118. The smallest absolute Gasteiger partial charge is 0.321 e. The van der Waals surface area contributed by atoms with Crippen molar-refractivity contribution in [3.8, 4) is 0 Å². The predicted molar refractivity (Wildman–Crippen MR) is 68.5 cm³/mol. The van der Waals surface area contributed by atoms with Gasteiger partial charge in [-0.15, -0.1) is 0 Å². The third-order valence-electron chi connectivity index (χ3n) is 2.19. The Morgan fingerprint density at radius 1 is 1.44 bits per heavy atom. The summed E-state index contributed by atoms with van der Waals surface area (Å²) in [6, 6.07) is 2.74. The molecule has 1 aromatic rings. The second-order valence-electron chi connectivity index (χ2n) is 3.50. The van der Waals surface area contributed by atoms with Crippen LogP contribution in [0.4, 0.5) is 0 Å². The fraction of sp³-hybridized carbons (Fsp3) is 0.300. The van der Waals surface area contributed by atoms with Crippen molar-refractivity contribution in [3.05, 3.63) is 28.2 Å². The summed E-state index contributed by atoms with van der Waals surface area (Å²) in [7, 11) is -4.02. The van der Waals surface area contributed by atoms with E-state index in [-0.39, 0.29) is 21.4 Å². The van der Waals surface area contributed by atoms with Crippen molar-refractivity contribution in [2.75, 3.05) is 0 Å². The zero-order valence-corrected chi connectivity index (χ0v) is 11.7. The number of carboxylic acid groups (broad SMARTS) is 1. The van der Waals surface area contributed by atoms with Gasteiger partial charge < -0.3 is 5.11 Å². The zero-order chi connectivity index (χ0) is 13.9. The second kappa shape index (κ2) is 5.88. The van der Waals surface area contributed by atoms with Crippen molar-refractivity contribution in [1.82, 2.24) is 4.72 Å². The number of rotatable bonds is 5. The van der Waals surface area contributed by atoms with Crippen LogP contribution in [-0.2, 0) is 14.8 Å². The molecule has 8 heteroatoms. The van der Waals surface area contributed by atoms with Crippen molar-refractivity contribution in [1.29, 1.82) is 0 Å². The first kappa shape index (κ1) is 15.2. The molecule has 0 aliphatic heterocycles. The Hall–Kier alpha value is -0.820. The van der Waals surface area contributed by atoms with Crippen LogP contribution in [0.1, 0.15) is 13.3 Å². The lowest BCUT2D eigenvalue weighted by Crippen LogP contribution is -2.40. The topological polar surface area (TPSA) is 83.5 Å². The standard InChI is InChI=1S/C10H11Cl2NO4S/c1-2-8(10(14)15)13-18(16,17)9-5-6(11)3-4-7(9)12/h3-5,8,13H,2H2,1H3,(H,14,15)/t8-/m1/s1. The molecule has 1 atom stereocenters. The molecule has 0 radical (unpaired) electrons. The number of nitrogens with one attached hydrogen (secondary N) is 1. The minimum atomic E-state index is -4.02. The van der Waals surface area contributed by atoms with Gasteiger partial charge in [0.05, 0.1) is 5.02 Å². The quantitative estimate of drug-likeness (QED) is 0.872. The Labute approximate surface area is 115 Å². The van der Waals surface area contributed by atoms with Crippen molar-refractivity contribution in [2.45, 2.75) is 24.3 Å². The van der Waals surface area contributed by atoms with Crippen molar-refractivity contribution in [3.63, 3.8) is 0 Å². The highest BCUT2D eigenvalue weighted by Crippen LogP contribution is 2.25. The zero-order valence-electron chi connectivity index (χ0n) is 9.35. The molecule has 0 aliphatic carbocycles. The van der Waals surface area contributed by atoms with Gasteiger partial charge in [0.15, 0.2) is 0 Å². The van der Waals surface area contributed by atoms with Crippen molar-refractivity contribution >= 4 is 39.2 Å². The number of aliphatic carboxylic acids is 1. The molecule has 18 heavy (non-hydrogen) atoms. The fourth-order valence-electron chi connectivity index (χ4n) is 1.24. The molecule has 0 amide bonds. The molecule has 0 fully saturated rings. The van der Waals surface area contributed by atoms with Crippen LogP contribution in [0, 0.1) is 0 Å². The van der Waals surface area contributed by atoms with Crippen LogP contribution < -0.4 is 4.72 Å². The molecule has 0 saturated carbocycles. The third-order valence-corrected chi connectivity index (χ3v) is 4.37. The minimum absolute atomic E-state index is 0.0212. The van der Waals surface area contributed by atoms with Crippen LogP contribution >= 0.6 is 23.2 Å². The first-order valence-electron chi connectivity index (χ1n) is 4.98. The van der Waals surface area contributed by atoms with Crippen LogP contribution in [0.3, 0.4) is 0 Å². The fourth-order valence-corrected chi connectivity index (χ4v) is 3.28. The van der Waals surface area contributed by atoms with Gasteiger partial charge in [-0.2, -0.15) is 4.72 Å². The van der Waals surface area contributed by atoms with Crippen LogP contribution in [0.2, 0.25) is 10.0 Å². The Kier molecular flexibility index (Phi) is 4.98. The summed E-state index contributed by atoms with van der Waals surface area (Å²) in [4.78, 5) is 10.6. The molecule has 0 saturated heterocycles. The molecule has 0 unspecified atom stereocenters. The van der Waals surface area contributed by atoms with Gasteiger partial charge in [0.1, 0.15) is 10.9 Å². The Morgan fingerprint density at radius 2 is 2.06 bits per heavy atom. The van der Waals surface area contributed by atoms with Gasteiger partial charge >= 0.3 is 5.97 Å². The summed E-state index contributed by atoms with van der Waals surface area (Å²) in [6.45, 7) is 1.56. The maximum atomic E-state index is 12.0. The number of halogens is 2. The number of carbonyl (C=O) groups is 1. The lowest BCUT2D eigenvalue weighted by atomic mass is 10.2. The van der Waals surface area contributed by atoms with Gasteiger partial charge in [-0.25, -0.2) is 8.42 Å². The van der Waals surface area contributed by atoms with Crippen molar-refractivity contribution < 1.29 is 18.3 Å². The Balaban J connectivity index is 3.14. The molecule has 1 aromatic carbocycles. The van der Waals surface area contributed by atoms with Crippen LogP contribution in [0.15, 0.2) is 23.1 Å². The van der Waals surface area contributed by atoms with E-state index in [9.17, 15) is 13.2 Å². The van der Waals surface area contributed by atoms with Gasteiger partial charge in [0.25, 0.3) is 0 Å². The molecule has 2 N–H and O–H groups in total.